The summed E-state index contributed by atoms with van der Waals surface area (Å²) in [5.74, 6) is 1.48. The van der Waals surface area contributed by atoms with Gasteiger partial charge >= 0.3 is 0 Å². The third kappa shape index (κ3) is 5.20. The van der Waals surface area contributed by atoms with E-state index < -0.39 is 0 Å². The molecule has 1 aromatic rings. The molecule has 1 aliphatic heterocycles. The Kier molecular flexibility index (Phi) is 7.53. The van der Waals surface area contributed by atoms with E-state index in [0.29, 0.717) is 31.3 Å². The fourth-order valence-corrected chi connectivity index (χ4v) is 3.93. The lowest BCUT2D eigenvalue weighted by atomic mass is 9.77. The van der Waals surface area contributed by atoms with E-state index in [1.807, 2.05) is 0 Å². The number of amides is 1. The second-order valence-corrected chi connectivity index (χ2v) is 7.12. The third-order valence-corrected chi connectivity index (χ3v) is 5.46. The predicted molar refractivity (Wildman–Crippen MR) is 98.4 cm³/mol. The number of aliphatic hydroxyl groups is 1. The summed E-state index contributed by atoms with van der Waals surface area (Å²) in [4.78, 5) is 12.1. The van der Waals surface area contributed by atoms with Gasteiger partial charge in [0.15, 0.2) is 0 Å². The molecule has 3 N–H and O–H groups in total. The van der Waals surface area contributed by atoms with Crippen molar-refractivity contribution in [3.63, 3.8) is 0 Å². The zero-order chi connectivity index (χ0) is 16.1. The molecule has 4 nitrogen and oxygen atoms in total. The highest BCUT2D eigenvalue weighted by Gasteiger charge is 2.27. The molecule has 134 valence electrons. The van der Waals surface area contributed by atoms with Crippen molar-refractivity contribution in [2.75, 3.05) is 19.6 Å². The molecule has 0 radical (unpaired) electrons. The van der Waals surface area contributed by atoms with E-state index in [2.05, 4.69) is 41.0 Å². The lowest BCUT2D eigenvalue weighted by Gasteiger charge is -2.28. The molecule has 3 rings (SSSR count). The van der Waals surface area contributed by atoms with Crippen LogP contribution in [0.5, 0.6) is 0 Å². The second kappa shape index (κ2) is 9.40. The van der Waals surface area contributed by atoms with Crippen LogP contribution in [0, 0.1) is 11.8 Å². The summed E-state index contributed by atoms with van der Waals surface area (Å²) in [5.41, 5.74) is 1.44. The summed E-state index contributed by atoms with van der Waals surface area (Å²) < 4.78 is 0. The quantitative estimate of drug-likeness (QED) is 0.763. The molecule has 5 heteroatoms. The van der Waals surface area contributed by atoms with Crippen molar-refractivity contribution in [3.05, 3.63) is 35.9 Å². The van der Waals surface area contributed by atoms with E-state index in [0.717, 1.165) is 19.4 Å². The molecule has 1 amide bonds. The fourth-order valence-electron chi connectivity index (χ4n) is 3.93. The van der Waals surface area contributed by atoms with Crippen LogP contribution in [0.3, 0.4) is 0 Å². The lowest BCUT2D eigenvalue weighted by molar-refractivity contribution is -0.122. The Morgan fingerprint density at radius 2 is 1.83 bits per heavy atom. The van der Waals surface area contributed by atoms with E-state index in [1.54, 1.807) is 0 Å². The molecule has 1 aliphatic carbocycles. The smallest absolute Gasteiger partial charge is 0.220 e. The molecular formula is C19H29ClN2O2. The van der Waals surface area contributed by atoms with Crippen molar-refractivity contribution in [1.29, 1.82) is 0 Å². The van der Waals surface area contributed by atoms with Crippen molar-refractivity contribution in [3.8, 4) is 0 Å². The molecule has 1 heterocycles. The van der Waals surface area contributed by atoms with Gasteiger partial charge in [-0.25, -0.2) is 0 Å². The molecule has 1 saturated heterocycles. The van der Waals surface area contributed by atoms with Crippen molar-refractivity contribution < 1.29 is 9.90 Å². The minimum atomic E-state index is -0.323. The molecule has 1 aromatic carbocycles. The van der Waals surface area contributed by atoms with Gasteiger partial charge in [0.05, 0.1) is 6.10 Å². The maximum Gasteiger partial charge on any atom is 0.220 e. The number of benzene rings is 1. The average Bonchev–Trinajstić information content (AvgIpc) is 3.00. The number of hydrogen-bond acceptors (Lipinski definition) is 3. The normalized spacial score (nSPS) is 29.7. The van der Waals surface area contributed by atoms with Crippen LogP contribution in [0.4, 0.5) is 0 Å². The molecule has 1 saturated carbocycles. The Labute approximate surface area is 150 Å². The zero-order valence-electron chi connectivity index (χ0n) is 14.1. The number of carbonyl (C=O) groups is 1. The molecule has 2 aliphatic rings. The van der Waals surface area contributed by atoms with E-state index >= 15 is 0 Å². The number of halogens is 1. The van der Waals surface area contributed by atoms with Crippen LogP contribution in [0.25, 0.3) is 0 Å². The van der Waals surface area contributed by atoms with Crippen LogP contribution >= 0.6 is 12.4 Å². The first-order valence-electron chi connectivity index (χ1n) is 8.93. The van der Waals surface area contributed by atoms with Crippen molar-refractivity contribution >= 4 is 18.3 Å². The highest BCUT2D eigenvalue weighted by molar-refractivity contribution is 5.85. The summed E-state index contributed by atoms with van der Waals surface area (Å²) in [6.45, 7) is 2.03. The van der Waals surface area contributed by atoms with Gasteiger partial charge < -0.3 is 15.7 Å². The van der Waals surface area contributed by atoms with E-state index in [4.69, 9.17) is 0 Å². The number of aliphatic hydroxyl groups excluding tert-OH is 1. The lowest BCUT2D eigenvalue weighted by Crippen LogP contribution is -2.35. The van der Waals surface area contributed by atoms with Crippen molar-refractivity contribution in [1.82, 2.24) is 10.6 Å². The van der Waals surface area contributed by atoms with Crippen LogP contribution in [0.2, 0.25) is 0 Å². The van der Waals surface area contributed by atoms with Gasteiger partial charge in [-0.05, 0) is 43.1 Å². The maximum atomic E-state index is 12.1. The number of nitrogens with one attached hydrogen (secondary N) is 2. The maximum absolute atomic E-state index is 12.1. The monoisotopic (exact) mass is 352 g/mol. The third-order valence-electron chi connectivity index (χ3n) is 5.46. The molecule has 2 atom stereocenters. The number of hydrogen-bond donors (Lipinski definition) is 3. The fraction of sp³-hybridized carbons (Fsp3) is 0.632. The minimum Gasteiger partial charge on any atom is -0.391 e. The van der Waals surface area contributed by atoms with Gasteiger partial charge in [-0.2, -0.15) is 0 Å². The Morgan fingerprint density at radius 1 is 1.12 bits per heavy atom. The number of carbonyl (C=O) groups excluding carboxylic acids is 1. The first kappa shape index (κ1) is 19.2. The molecule has 0 aromatic heterocycles. The summed E-state index contributed by atoms with van der Waals surface area (Å²) in [6, 6.07) is 10.7. The highest BCUT2D eigenvalue weighted by atomic mass is 35.5. The number of rotatable bonds is 5. The Hall–Kier alpha value is -1.10. The standard InChI is InChI=1S/C19H28N2O2.ClH/c22-18-13-20-11-17(18)12-21-19(23)10-14-6-8-16(9-7-14)15-4-2-1-3-5-15;/h1-5,14,16-18,20,22H,6-13H2,(H,21,23);1H. The second-order valence-electron chi connectivity index (χ2n) is 7.12. The van der Waals surface area contributed by atoms with Crippen molar-refractivity contribution in [2.24, 2.45) is 11.8 Å². The minimum absolute atomic E-state index is 0. The average molecular weight is 353 g/mol. The van der Waals surface area contributed by atoms with Crippen LogP contribution in [-0.4, -0.2) is 36.8 Å². The Morgan fingerprint density at radius 3 is 2.46 bits per heavy atom. The van der Waals surface area contributed by atoms with Gasteiger partial charge in [0.1, 0.15) is 0 Å². The van der Waals surface area contributed by atoms with Crippen molar-refractivity contribution in [2.45, 2.75) is 44.1 Å². The highest BCUT2D eigenvalue weighted by Crippen LogP contribution is 2.36. The van der Waals surface area contributed by atoms with E-state index in [1.165, 1.54) is 18.4 Å². The Balaban J connectivity index is 0.00000208. The SMILES string of the molecule is Cl.O=C(CC1CCC(c2ccccc2)CC1)NCC1CNCC1O. The largest absolute Gasteiger partial charge is 0.391 e. The van der Waals surface area contributed by atoms with Crippen LogP contribution in [-0.2, 0) is 4.79 Å². The van der Waals surface area contributed by atoms with Crippen LogP contribution in [0.1, 0.15) is 43.6 Å². The van der Waals surface area contributed by atoms with Gasteiger partial charge in [-0.1, -0.05) is 30.3 Å². The van der Waals surface area contributed by atoms with Crippen LogP contribution < -0.4 is 10.6 Å². The predicted octanol–water partition coefficient (Wildman–Crippen LogP) is 2.47. The summed E-state index contributed by atoms with van der Waals surface area (Å²) in [5, 5.41) is 15.9. The van der Waals surface area contributed by atoms with E-state index in [-0.39, 0.29) is 30.3 Å². The van der Waals surface area contributed by atoms with Crippen LogP contribution in [0.15, 0.2) is 30.3 Å². The summed E-state index contributed by atoms with van der Waals surface area (Å²) >= 11 is 0. The zero-order valence-corrected chi connectivity index (χ0v) is 14.9. The molecular weight excluding hydrogens is 324 g/mol. The van der Waals surface area contributed by atoms with Gasteiger partial charge in [0.2, 0.25) is 5.91 Å². The van der Waals surface area contributed by atoms with Gasteiger partial charge in [-0.15, -0.1) is 12.4 Å². The Bertz CT molecular complexity index is 503. The van der Waals surface area contributed by atoms with E-state index in [9.17, 15) is 9.90 Å². The van der Waals surface area contributed by atoms with Gasteiger partial charge in [0.25, 0.3) is 0 Å². The van der Waals surface area contributed by atoms with Gasteiger partial charge in [-0.3, -0.25) is 4.79 Å². The molecule has 2 fully saturated rings. The molecule has 0 spiro atoms. The summed E-state index contributed by atoms with van der Waals surface area (Å²) in [7, 11) is 0. The molecule has 0 bridgehead atoms. The molecule has 24 heavy (non-hydrogen) atoms. The summed E-state index contributed by atoms with van der Waals surface area (Å²) in [6.07, 6.45) is 4.97. The molecule has 2 unspecified atom stereocenters. The topological polar surface area (TPSA) is 61.4 Å². The van der Waals surface area contributed by atoms with Gasteiger partial charge in [0, 0.05) is 32.0 Å². The first-order valence-corrected chi connectivity index (χ1v) is 8.93. The first-order chi connectivity index (χ1) is 11.2. The number of β-amino-alcohol motifs (C(OH)–C–C–N with tert-alkyl or cyclic N) is 1.